The highest BCUT2D eigenvalue weighted by Crippen LogP contribution is 2.41. The minimum absolute atomic E-state index is 0.489. The van der Waals surface area contributed by atoms with Crippen molar-refractivity contribution in [3.8, 4) is 0 Å². The fourth-order valence-corrected chi connectivity index (χ4v) is 4.77. The Labute approximate surface area is 103 Å². The van der Waals surface area contributed by atoms with Crippen LogP contribution in [-0.2, 0) is 0 Å². The van der Waals surface area contributed by atoms with Crippen LogP contribution in [0.1, 0.15) is 17.2 Å². The van der Waals surface area contributed by atoms with E-state index in [1.807, 2.05) is 11.8 Å². The van der Waals surface area contributed by atoms with Crippen molar-refractivity contribution < 1.29 is 0 Å². The van der Waals surface area contributed by atoms with Crippen LogP contribution in [0.2, 0.25) is 0 Å². The molecule has 72 valence electrons. The lowest BCUT2D eigenvalue weighted by Gasteiger charge is -2.07. The van der Waals surface area contributed by atoms with E-state index in [4.69, 9.17) is 0 Å². The van der Waals surface area contributed by atoms with Gasteiger partial charge in [-0.05, 0) is 44.8 Å². The Balaban J connectivity index is 2.17. The van der Waals surface area contributed by atoms with Gasteiger partial charge in [-0.3, -0.25) is 5.32 Å². The summed E-state index contributed by atoms with van der Waals surface area (Å²) < 4.78 is 2.35. The summed E-state index contributed by atoms with van der Waals surface area (Å²) in [5, 5.41) is 4.03. The van der Waals surface area contributed by atoms with Gasteiger partial charge in [0.25, 0.3) is 0 Å². The highest BCUT2D eigenvalue weighted by molar-refractivity contribution is 9.13. The average Bonchev–Trinajstić information content (AvgIpc) is 2.61. The first-order valence-electron chi connectivity index (χ1n) is 3.99. The van der Waals surface area contributed by atoms with Crippen molar-refractivity contribution in [2.75, 3.05) is 5.75 Å². The molecule has 1 saturated heterocycles. The molecule has 0 saturated carbocycles. The number of nitrogens with one attached hydrogen (secondary N) is 1. The molecule has 0 amide bonds. The smallest absolute Gasteiger partial charge is 0.0886 e. The number of hydrogen-bond acceptors (Lipinski definition) is 3. The molecule has 1 nitrogen and oxygen atoms in total. The minimum Gasteiger partial charge on any atom is -0.298 e. The minimum atomic E-state index is 0.489. The quantitative estimate of drug-likeness (QED) is 0.827. The third-order valence-electron chi connectivity index (χ3n) is 1.87. The topological polar surface area (TPSA) is 12.0 Å². The molecule has 2 unspecified atom stereocenters. The highest BCUT2D eigenvalue weighted by atomic mass is 79.9. The molecule has 5 heteroatoms. The lowest BCUT2D eigenvalue weighted by Crippen LogP contribution is -2.21. The van der Waals surface area contributed by atoms with Crippen LogP contribution in [0, 0.1) is 0 Å². The van der Waals surface area contributed by atoms with Gasteiger partial charge < -0.3 is 0 Å². The van der Waals surface area contributed by atoms with Gasteiger partial charge in [0.2, 0.25) is 0 Å². The van der Waals surface area contributed by atoms with E-state index in [0.717, 1.165) is 4.47 Å². The van der Waals surface area contributed by atoms with E-state index >= 15 is 0 Å². The molecule has 0 bridgehead atoms. The van der Waals surface area contributed by atoms with E-state index in [9.17, 15) is 0 Å². The summed E-state index contributed by atoms with van der Waals surface area (Å²) in [7, 11) is 0. The van der Waals surface area contributed by atoms with Crippen molar-refractivity contribution >= 4 is 55.0 Å². The summed E-state index contributed by atoms with van der Waals surface area (Å²) >= 11 is 10.8. The fraction of sp³-hybridized carbons (Fsp3) is 0.500. The van der Waals surface area contributed by atoms with Gasteiger partial charge >= 0.3 is 0 Å². The summed E-state index contributed by atoms with van der Waals surface area (Å²) in [5.41, 5.74) is 0. The SMILES string of the molecule is CC1CSC(c2cc(Br)c(Br)s2)N1. The van der Waals surface area contributed by atoms with E-state index in [0.29, 0.717) is 11.4 Å². The van der Waals surface area contributed by atoms with Crippen LogP contribution in [0.4, 0.5) is 0 Å². The van der Waals surface area contributed by atoms with Crippen molar-refractivity contribution in [2.45, 2.75) is 18.3 Å². The zero-order valence-electron chi connectivity index (χ0n) is 7.01. The molecule has 2 atom stereocenters. The standard InChI is InChI=1S/C8H9Br2NS2/c1-4-3-12-8(11-4)6-2-5(9)7(10)13-6/h2,4,8,11H,3H2,1H3. The third-order valence-corrected chi connectivity index (χ3v) is 6.76. The molecular formula is C8H9Br2NS2. The second-order valence-electron chi connectivity index (χ2n) is 3.05. The van der Waals surface area contributed by atoms with Gasteiger partial charge in [0, 0.05) is 21.1 Å². The summed E-state index contributed by atoms with van der Waals surface area (Å²) in [6.07, 6.45) is 0. The lowest BCUT2D eigenvalue weighted by atomic mass is 10.4. The Bertz CT molecular complexity index is 294. The Morgan fingerprint density at radius 1 is 1.54 bits per heavy atom. The molecule has 2 heterocycles. The van der Waals surface area contributed by atoms with E-state index < -0.39 is 0 Å². The van der Waals surface area contributed by atoms with Crippen molar-refractivity contribution in [3.63, 3.8) is 0 Å². The van der Waals surface area contributed by atoms with E-state index in [-0.39, 0.29) is 0 Å². The second kappa shape index (κ2) is 4.23. The molecule has 0 aliphatic carbocycles. The van der Waals surface area contributed by atoms with Crippen LogP contribution >= 0.6 is 55.0 Å². The molecule has 1 aliphatic heterocycles. The lowest BCUT2D eigenvalue weighted by molar-refractivity contribution is 0.623. The normalized spacial score (nSPS) is 28.2. The number of thiophene rings is 1. The predicted octanol–water partition coefficient (Wildman–Crippen LogP) is 4.00. The van der Waals surface area contributed by atoms with E-state index in [1.54, 1.807) is 11.3 Å². The van der Waals surface area contributed by atoms with Crippen LogP contribution in [-0.4, -0.2) is 11.8 Å². The molecular weight excluding hydrogens is 334 g/mol. The number of hydrogen-bond donors (Lipinski definition) is 1. The molecule has 2 rings (SSSR count). The van der Waals surface area contributed by atoms with Gasteiger partial charge in [-0.1, -0.05) is 0 Å². The molecule has 1 fully saturated rings. The van der Waals surface area contributed by atoms with Gasteiger partial charge in [-0.15, -0.1) is 23.1 Å². The van der Waals surface area contributed by atoms with Crippen molar-refractivity contribution in [1.82, 2.24) is 5.32 Å². The van der Waals surface area contributed by atoms with Gasteiger partial charge in [-0.25, -0.2) is 0 Å². The van der Waals surface area contributed by atoms with Crippen LogP contribution in [0.3, 0.4) is 0 Å². The van der Waals surface area contributed by atoms with Gasteiger partial charge in [0.05, 0.1) is 9.16 Å². The Hall–Kier alpha value is 0.970. The Kier molecular flexibility index (Phi) is 3.41. The second-order valence-corrected chi connectivity index (χ2v) is 7.45. The van der Waals surface area contributed by atoms with Crippen LogP contribution in [0.5, 0.6) is 0 Å². The van der Waals surface area contributed by atoms with Gasteiger partial charge in [-0.2, -0.15) is 0 Å². The van der Waals surface area contributed by atoms with Crippen molar-refractivity contribution in [2.24, 2.45) is 0 Å². The maximum atomic E-state index is 3.54. The molecule has 0 aromatic carbocycles. The number of rotatable bonds is 1. The van der Waals surface area contributed by atoms with E-state index in [1.165, 1.54) is 14.4 Å². The summed E-state index contributed by atoms with van der Waals surface area (Å²) in [6, 6.07) is 2.83. The van der Waals surface area contributed by atoms with E-state index in [2.05, 4.69) is 50.2 Å². The van der Waals surface area contributed by atoms with Crippen LogP contribution in [0.25, 0.3) is 0 Å². The van der Waals surface area contributed by atoms with Crippen molar-refractivity contribution in [3.05, 3.63) is 19.2 Å². The number of thioether (sulfide) groups is 1. The monoisotopic (exact) mass is 341 g/mol. The maximum absolute atomic E-state index is 3.54. The van der Waals surface area contributed by atoms with Gasteiger partial charge in [0.1, 0.15) is 0 Å². The van der Waals surface area contributed by atoms with Gasteiger partial charge in [0.15, 0.2) is 0 Å². The first-order valence-corrected chi connectivity index (χ1v) is 7.44. The molecule has 0 radical (unpaired) electrons. The summed E-state index contributed by atoms with van der Waals surface area (Å²) in [4.78, 5) is 1.40. The summed E-state index contributed by atoms with van der Waals surface area (Å²) in [6.45, 7) is 2.23. The molecule has 1 aliphatic rings. The molecule has 1 aromatic rings. The predicted molar refractivity (Wildman–Crippen MR) is 67.5 cm³/mol. The first-order chi connectivity index (χ1) is 6.16. The Morgan fingerprint density at radius 3 is 2.77 bits per heavy atom. The third kappa shape index (κ3) is 2.31. The molecule has 1 aromatic heterocycles. The number of halogens is 2. The summed E-state index contributed by atoms with van der Waals surface area (Å²) in [5.74, 6) is 1.21. The Morgan fingerprint density at radius 2 is 2.31 bits per heavy atom. The largest absolute Gasteiger partial charge is 0.298 e. The first kappa shape index (κ1) is 10.5. The zero-order chi connectivity index (χ0) is 9.42. The highest BCUT2D eigenvalue weighted by Gasteiger charge is 2.24. The van der Waals surface area contributed by atoms with Crippen LogP contribution < -0.4 is 5.32 Å². The van der Waals surface area contributed by atoms with Crippen molar-refractivity contribution in [1.29, 1.82) is 0 Å². The molecule has 0 spiro atoms. The van der Waals surface area contributed by atoms with Crippen LogP contribution in [0.15, 0.2) is 14.3 Å². The zero-order valence-corrected chi connectivity index (χ0v) is 11.8. The fourth-order valence-electron chi connectivity index (χ4n) is 1.25. The molecule has 1 N–H and O–H groups in total. The molecule has 13 heavy (non-hydrogen) atoms. The average molecular weight is 343 g/mol. The maximum Gasteiger partial charge on any atom is 0.0886 e.